The van der Waals surface area contributed by atoms with Gasteiger partial charge in [-0.25, -0.2) is 0 Å². The Kier molecular flexibility index (Phi) is 19.0. The van der Waals surface area contributed by atoms with E-state index in [-0.39, 0.29) is 17.6 Å². The molecule has 0 unspecified atom stereocenters. The van der Waals surface area contributed by atoms with Gasteiger partial charge < -0.3 is 0 Å². The standard InChI is InChI=1S/2C8H17Si/c2*1-4-5-6-7-8-9(2)3/h2*4H,1,5-8H2,2-3H3. The highest BCUT2D eigenvalue weighted by atomic mass is 28.3. The van der Waals surface area contributed by atoms with Crippen molar-refractivity contribution in [3.05, 3.63) is 25.3 Å². The maximum absolute atomic E-state index is 3.69. The second kappa shape index (κ2) is 16.9. The molecule has 0 aromatic rings. The molecule has 0 saturated carbocycles. The molecule has 0 spiro atoms. The van der Waals surface area contributed by atoms with Gasteiger partial charge in [0.1, 0.15) is 0 Å². The van der Waals surface area contributed by atoms with Gasteiger partial charge in [0, 0.05) is 17.6 Å². The van der Waals surface area contributed by atoms with E-state index in [1.807, 2.05) is 12.2 Å². The Hall–Kier alpha value is -0.0862. The number of hydrogen-bond acceptors (Lipinski definition) is 0. The summed E-state index contributed by atoms with van der Waals surface area (Å²) in [5, 5.41) is 0. The lowest BCUT2D eigenvalue weighted by atomic mass is 10.2. The van der Waals surface area contributed by atoms with Crippen molar-refractivity contribution in [1.29, 1.82) is 0 Å². The van der Waals surface area contributed by atoms with Crippen molar-refractivity contribution in [2.45, 2.75) is 76.8 Å². The van der Waals surface area contributed by atoms with Crippen LogP contribution in [-0.4, -0.2) is 17.6 Å². The first-order valence-electron chi connectivity index (χ1n) is 7.34. The number of rotatable bonds is 10. The van der Waals surface area contributed by atoms with Crippen molar-refractivity contribution in [3.8, 4) is 0 Å². The summed E-state index contributed by atoms with van der Waals surface area (Å²) in [6.45, 7) is 16.9. The summed E-state index contributed by atoms with van der Waals surface area (Å²) in [5.41, 5.74) is 0. The van der Waals surface area contributed by atoms with Crippen LogP contribution in [0.4, 0.5) is 0 Å². The zero-order valence-electron chi connectivity index (χ0n) is 13.2. The van der Waals surface area contributed by atoms with Gasteiger partial charge in [0.2, 0.25) is 0 Å². The second-order valence-corrected chi connectivity index (χ2v) is 11.3. The van der Waals surface area contributed by atoms with Crippen molar-refractivity contribution in [2.24, 2.45) is 0 Å². The Morgan fingerprint density at radius 1 is 0.667 bits per heavy atom. The molecule has 0 atom stereocenters. The predicted molar refractivity (Wildman–Crippen MR) is 92.7 cm³/mol. The van der Waals surface area contributed by atoms with Gasteiger partial charge in [-0.1, -0.05) is 76.1 Å². The summed E-state index contributed by atoms with van der Waals surface area (Å²) < 4.78 is 0. The number of allylic oxidation sites excluding steroid dienone is 2. The Bertz CT molecular complexity index is 154. The largest absolute Gasteiger partial charge is 0.103 e. The lowest BCUT2D eigenvalue weighted by molar-refractivity contribution is 0.809. The van der Waals surface area contributed by atoms with Crippen LogP contribution in [0.15, 0.2) is 25.3 Å². The predicted octanol–water partition coefficient (Wildman–Crippen LogP) is 6.19. The Labute approximate surface area is 120 Å². The second-order valence-electron chi connectivity index (χ2n) is 5.48. The first-order valence-corrected chi connectivity index (χ1v) is 12.8. The minimum absolute atomic E-state index is 0.0506. The fourth-order valence-electron chi connectivity index (χ4n) is 1.53. The van der Waals surface area contributed by atoms with Crippen LogP contribution in [0.25, 0.3) is 0 Å². The highest BCUT2D eigenvalue weighted by Crippen LogP contribution is 2.04. The third kappa shape index (κ3) is 24.9. The molecule has 0 aliphatic heterocycles. The third-order valence-corrected chi connectivity index (χ3v) is 5.38. The van der Waals surface area contributed by atoms with E-state index < -0.39 is 0 Å². The quantitative estimate of drug-likeness (QED) is 0.254. The Balaban J connectivity index is 0. The summed E-state index contributed by atoms with van der Waals surface area (Å²) >= 11 is 0. The van der Waals surface area contributed by atoms with E-state index >= 15 is 0 Å². The van der Waals surface area contributed by atoms with E-state index in [0.717, 1.165) is 0 Å². The van der Waals surface area contributed by atoms with Crippen LogP contribution in [0.5, 0.6) is 0 Å². The van der Waals surface area contributed by atoms with Crippen molar-refractivity contribution >= 4 is 17.6 Å². The smallest absolute Gasteiger partial charge is 0.0412 e. The molecule has 0 bridgehead atoms. The molecular formula is C16H34Si2. The number of hydrogen-bond donors (Lipinski definition) is 0. The molecule has 0 aromatic heterocycles. The van der Waals surface area contributed by atoms with Crippen molar-refractivity contribution in [2.75, 3.05) is 0 Å². The summed E-state index contributed by atoms with van der Waals surface area (Å²) in [6, 6.07) is 2.94. The van der Waals surface area contributed by atoms with Gasteiger partial charge in [-0.3, -0.25) is 0 Å². The highest BCUT2D eigenvalue weighted by Gasteiger charge is 1.93. The maximum atomic E-state index is 3.69. The van der Waals surface area contributed by atoms with Crippen LogP contribution in [0.1, 0.15) is 38.5 Å². The van der Waals surface area contributed by atoms with E-state index in [1.165, 1.54) is 50.6 Å². The molecule has 0 aliphatic rings. The first kappa shape index (κ1) is 20.2. The van der Waals surface area contributed by atoms with Gasteiger partial charge in [-0.05, 0) is 12.8 Å². The van der Waals surface area contributed by atoms with Crippen LogP contribution < -0.4 is 0 Å². The van der Waals surface area contributed by atoms with Gasteiger partial charge in [0.25, 0.3) is 0 Å². The molecule has 0 saturated heterocycles. The molecule has 106 valence electrons. The van der Waals surface area contributed by atoms with Crippen LogP contribution in [0.3, 0.4) is 0 Å². The molecule has 18 heavy (non-hydrogen) atoms. The van der Waals surface area contributed by atoms with Crippen LogP contribution in [-0.2, 0) is 0 Å². The molecule has 2 heteroatoms. The van der Waals surface area contributed by atoms with Gasteiger partial charge in [-0.2, -0.15) is 0 Å². The zero-order chi connectivity index (χ0) is 14.2. The van der Waals surface area contributed by atoms with E-state index in [1.54, 1.807) is 0 Å². The maximum Gasteiger partial charge on any atom is 0.0412 e. The topological polar surface area (TPSA) is 0 Å². The van der Waals surface area contributed by atoms with Crippen LogP contribution in [0.2, 0.25) is 38.3 Å². The minimum atomic E-state index is 0.0506. The Morgan fingerprint density at radius 3 is 1.22 bits per heavy atom. The summed E-state index contributed by atoms with van der Waals surface area (Å²) in [7, 11) is 0.101. The van der Waals surface area contributed by atoms with E-state index in [4.69, 9.17) is 0 Å². The van der Waals surface area contributed by atoms with Crippen molar-refractivity contribution in [3.63, 3.8) is 0 Å². The van der Waals surface area contributed by atoms with Gasteiger partial charge in [0.15, 0.2) is 0 Å². The summed E-state index contributed by atoms with van der Waals surface area (Å²) in [4.78, 5) is 0. The lowest BCUT2D eigenvalue weighted by Gasteiger charge is -1.99. The molecule has 0 rings (SSSR count). The van der Waals surface area contributed by atoms with Crippen molar-refractivity contribution < 1.29 is 0 Å². The zero-order valence-corrected chi connectivity index (χ0v) is 15.2. The van der Waals surface area contributed by atoms with Crippen LogP contribution >= 0.6 is 0 Å². The van der Waals surface area contributed by atoms with E-state index in [0.29, 0.717) is 0 Å². The van der Waals surface area contributed by atoms with Crippen molar-refractivity contribution in [1.82, 2.24) is 0 Å². The minimum Gasteiger partial charge on any atom is -0.103 e. The Morgan fingerprint density at radius 2 is 1.00 bits per heavy atom. The molecule has 2 radical (unpaired) electrons. The SMILES string of the molecule is C=CCCCC[Si](C)C.C=CCCCC[Si](C)C. The summed E-state index contributed by atoms with van der Waals surface area (Å²) in [6.07, 6.45) is 11.9. The highest BCUT2D eigenvalue weighted by molar-refractivity contribution is 6.55. The van der Waals surface area contributed by atoms with E-state index in [2.05, 4.69) is 39.3 Å². The van der Waals surface area contributed by atoms with Gasteiger partial charge in [-0.15, -0.1) is 13.2 Å². The first-order chi connectivity index (χ1) is 8.54. The molecule has 0 aromatic carbocycles. The molecule has 0 amide bonds. The molecule has 0 aliphatic carbocycles. The normalized spacial score (nSPS) is 10.1. The van der Waals surface area contributed by atoms with E-state index in [9.17, 15) is 0 Å². The fourth-order valence-corrected chi connectivity index (χ4v) is 3.45. The van der Waals surface area contributed by atoms with Gasteiger partial charge in [0.05, 0.1) is 0 Å². The molecular weight excluding hydrogens is 248 g/mol. The lowest BCUT2D eigenvalue weighted by Crippen LogP contribution is -1.97. The fraction of sp³-hybridized carbons (Fsp3) is 0.750. The third-order valence-electron chi connectivity index (χ3n) is 2.67. The molecule has 0 fully saturated rings. The van der Waals surface area contributed by atoms with Gasteiger partial charge >= 0.3 is 0 Å². The average Bonchev–Trinajstić information content (AvgIpc) is 2.31. The average molecular weight is 283 g/mol. The summed E-state index contributed by atoms with van der Waals surface area (Å²) in [5.74, 6) is 0. The van der Waals surface area contributed by atoms with Crippen LogP contribution in [0, 0.1) is 0 Å². The monoisotopic (exact) mass is 282 g/mol. The number of unbranched alkanes of at least 4 members (excludes halogenated alkanes) is 4. The molecule has 0 nitrogen and oxygen atoms in total. The molecule has 0 heterocycles. The molecule has 0 N–H and O–H groups in total.